The third-order valence-corrected chi connectivity index (χ3v) is 3.56. The molecule has 0 aromatic heterocycles. The highest BCUT2D eigenvalue weighted by atomic mass is 16.5. The molecule has 0 amide bonds. The minimum absolute atomic E-state index is 0.131. The van der Waals surface area contributed by atoms with Crippen LogP contribution in [-0.2, 0) is 11.3 Å². The first-order valence-corrected chi connectivity index (χ1v) is 6.88. The molecule has 18 heavy (non-hydrogen) atoms. The Bertz CT molecular complexity index is 321. The van der Waals surface area contributed by atoms with Gasteiger partial charge in [0.1, 0.15) is 0 Å². The maximum absolute atomic E-state index is 8.72. The molecule has 0 saturated heterocycles. The zero-order valence-corrected chi connectivity index (χ0v) is 10.8. The fourth-order valence-corrected chi connectivity index (χ4v) is 2.51. The fourth-order valence-electron chi connectivity index (χ4n) is 2.51. The van der Waals surface area contributed by atoms with Crippen LogP contribution in [0, 0.1) is 0 Å². The minimum atomic E-state index is 0.131. The van der Waals surface area contributed by atoms with E-state index in [1.165, 1.54) is 18.4 Å². The van der Waals surface area contributed by atoms with Crippen molar-refractivity contribution in [1.82, 2.24) is 5.32 Å². The molecule has 0 unspecified atom stereocenters. The summed E-state index contributed by atoms with van der Waals surface area (Å²) in [6, 6.07) is 11.1. The lowest BCUT2D eigenvalue weighted by Gasteiger charge is -2.29. The Morgan fingerprint density at radius 2 is 1.83 bits per heavy atom. The molecule has 3 heteroatoms. The highest BCUT2D eigenvalue weighted by Crippen LogP contribution is 2.21. The Labute approximate surface area is 109 Å². The molecule has 1 fully saturated rings. The Hall–Kier alpha value is -0.900. The first-order valence-electron chi connectivity index (χ1n) is 6.88. The average molecular weight is 249 g/mol. The van der Waals surface area contributed by atoms with Crippen LogP contribution in [-0.4, -0.2) is 30.5 Å². The van der Waals surface area contributed by atoms with E-state index in [1.54, 1.807) is 0 Å². The number of nitrogens with one attached hydrogen (secondary N) is 1. The van der Waals surface area contributed by atoms with Gasteiger partial charge >= 0.3 is 0 Å². The highest BCUT2D eigenvalue weighted by Gasteiger charge is 2.20. The van der Waals surface area contributed by atoms with Gasteiger partial charge < -0.3 is 15.2 Å². The molecule has 0 radical (unpaired) electrons. The predicted molar refractivity (Wildman–Crippen MR) is 72.4 cm³/mol. The van der Waals surface area contributed by atoms with Gasteiger partial charge in [-0.05, 0) is 31.2 Å². The van der Waals surface area contributed by atoms with Crippen LogP contribution in [0.3, 0.4) is 0 Å². The second-order valence-corrected chi connectivity index (χ2v) is 4.93. The van der Waals surface area contributed by atoms with E-state index >= 15 is 0 Å². The van der Waals surface area contributed by atoms with Crippen LogP contribution in [0.4, 0.5) is 0 Å². The Kier molecular flexibility index (Phi) is 5.65. The van der Waals surface area contributed by atoms with Crippen molar-refractivity contribution in [2.45, 2.75) is 44.4 Å². The van der Waals surface area contributed by atoms with Crippen LogP contribution in [0.15, 0.2) is 30.3 Å². The first kappa shape index (κ1) is 13.5. The van der Waals surface area contributed by atoms with E-state index in [2.05, 4.69) is 29.6 Å². The SMILES string of the molecule is OCCOC1CCC(NCc2ccccc2)CC1. The second-order valence-electron chi connectivity index (χ2n) is 4.93. The third-order valence-electron chi connectivity index (χ3n) is 3.56. The maximum Gasteiger partial charge on any atom is 0.0701 e. The molecule has 1 aromatic carbocycles. The molecule has 0 aliphatic heterocycles. The van der Waals surface area contributed by atoms with Crippen molar-refractivity contribution in [3.05, 3.63) is 35.9 Å². The van der Waals surface area contributed by atoms with E-state index in [0.717, 1.165) is 19.4 Å². The van der Waals surface area contributed by atoms with Crippen molar-refractivity contribution >= 4 is 0 Å². The number of rotatable bonds is 6. The number of ether oxygens (including phenoxy) is 1. The van der Waals surface area contributed by atoms with Crippen LogP contribution in [0.25, 0.3) is 0 Å². The molecule has 0 atom stereocenters. The molecule has 1 aliphatic carbocycles. The topological polar surface area (TPSA) is 41.5 Å². The molecule has 2 rings (SSSR count). The Balaban J connectivity index is 1.65. The van der Waals surface area contributed by atoms with E-state index in [-0.39, 0.29) is 6.61 Å². The van der Waals surface area contributed by atoms with Crippen molar-refractivity contribution < 1.29 is 9.84 Å². The van der Waals surface area contributed by atoms with Crippen LogP contribution >= 0.6 is 0 Å². The van der Waals surface area contributed by atoms with Crippen LogP contribution in [0.2, 0.25) is 0 Å². The molecule has 2 N–H and O–H groups in total. The van der Waals surface area contributed by atoms with Gasteiger partial charge in [-0.25, -0.2) is 0 Å². The van der Waals surface area contributed by atoms with Crippen molar-refractivity contribution in [1.29, 1.82) is 0 Å². The number of hydrogen-bond donors (Lipinski definition) is 2. The summed E-state index contributed by atoms with van der Waals surface area (Å²) in [5.41, 5.74) is 1.34. The summed E-state index contributed by atoms with van der Waals surface area (Å²) in [5, 5.41) is 12.3. The van der Waals surface area contributed by atoms with Gasteiger partial charge in [0.05, 0.1) is 19.3 Å². The molecular weight excluding hydrogens is 226 g/mol. The molecule has 100 valence electrons. The molecular formula is C15H23NO2. The first-order chi connectivity index (χ1) is 8.88. The normalized spacial score (nSPS) is 24.1. The van der Waals surface area contributed by atoms with Gasteiger partial charge in [0.15, 0.2) is 0 Å². The van der Waals surface area contributed by atoms with E-state index in [4.69, 9.17) is 9.84 Å². The summed E-state index contributed by atoms with van der Waals surface area (Å²) in [4.78, 5) is 0. The van der Waals surface area contributed by atoms with Gasteiger partial charge in [0.25, 0.3) is 0 Å². The molecule has 1 saturated carbocycles. The van der Waals surface area contributed by atoms with Crippen LogP contribution in [0.5, 0.6) is 0 Å². The van der Waals surface area contributed by atoms with Gasteiger partial charge in [-0.15, -0.1) is 0 Å². The number of aliphatic hydroxyl groups is 1. The number of aliphatic hydroxyl groups excluding tert-OH is 1. The smallest absolute Gasteiger partial charge is 0.0701 e. The highest BCUT2D eigenvalue weighted by molar-refractivity contribution is 5.14. The van der Waals surface area contributed by atoms with Crippen molar-refractivity contribution in [2.24, 2.45) is 0 Å². The molecule has 0 bridgehead atoms. The van der Waals surface area contributed by atoms with E-state index in [9.17, 15) is 0 Å². The standard InChI is InChI=1S/C15H23NO2/c17-10-11-18-15-8-6-14(7-9-15)16-12-13-4-2-1-3-5-13/h1-5,14-17H,6-12H2. The molecule has 3 nitrogen and oxygen atoms in total. The summed E-state index contributed by atoms with van der Waals surface area (Å²) in [6.07, 6.45) is 4.90. The molecule has 0 spiro atoms. The van der Waals surface area contributed by atoms with Gasteiger partial charge in [-0.3, -0.25) is 0 Å². The summed E-state index contributed by atoms with van der Waals surface area (Å²) in [7, 11) is 0. The molecule has 1 aliphatic rings. The van der Waals surface area contributed by atoms with Crippen molar-refractivity contribution in [2.75, 3.05) is 13.2 Å². The van der Waals surface area contributed by atoms with E-state index in [0.29, 0.717) is 18.8 Å². The predicted octanol–water partition coefficient (Wildman–Crippen LogP) is 2.10. The fraction of sp³-hybridized carbons (Fsp3) is 0.600. The lowest BCUT2D eigenvalue weighted by Crippen LogP contribution is -2.35. The van der Waals surface area contributed by atoms with Gasteiger partial charge in [0.2, 0.25) is 0 Å². The van der Waals surface area contributed by atoms with Gasteiger partial charge in [0, 0.05) is 12.6 Å². The zero-order valence-electron chi connectivity index (χ0n) is 10.8. The summed E-state index contributed by atoms with van der Waals surface area (Å²) >= 11 is 0. The number of hydrogen-bond acceptors (Lipinski definition) is 3. The summed E-state index contributed by atoms with van der Waals surface area (Å²) in [6.45, 7) is 1.56. The van der Waals surface area contributed by atoms with Crippen LogP contribution in [0.1, 0.15) is 31.2 Å². The monoisotopic (exact) mass is 249 g/mol. The zero-order chi connectivity index (χ0) is 12.6. The number of benzene rings is 1. The van der Waals surface area contributed by atoms with Crippen molar-refractivity contribution in [3.8, 4) is 0 Å². The maximum atomic E-state index is 8.72. The lowest BCUT2D eigenvalue weighted by molar-refractivity contribution is 0.00403. The molecule has 0 heterocycles. The summed E-state index contributed by atoms with van der Waals surface area (Å²) in [5.74, 6) is 0. The van der Waals surface area contributed by atoms with Gasteiger partial charge in [-0.1, -0.05) is 30.3 Å². The van der Waals surface area contributed by atoms with Crippen molar-refractivity contribution in [3.63, 3.8) is 0 Å². The summed E-state index contributed by atoms with van der Waals surface area (Å²) < 4.78 is 5.57. The van der Waals surface area contributed by atoms with E-state index in [1.807, 2.05) is 6.07 Å². The molecule has 1 aromatic rings. The average Bonchev–Trinajstić information content (AvgIpc) is 2.45. The minimum Gasteiger partial charge on any atom is -0.394 e. The van der Waals surface area contributed by atoms with E-state index < -0.39 is 0 Å². The van der Waals surface area contributed by atoms with Gasteiger partial charge in [-0.2, -0.15) is 0 Å². The largest absolute Gasteiger partial charge is 0.394 e. The third kappa shape index (κ3) is 4.41. The Morgan fingerprint density at radius 1 is 1.11 bits per heavy atom. The Morgan fingerprint density at radius 3 is 2.50 bits per heavy atom. The quantitative estimate of drug-likeness (QED) is 0.811. The van der Waals surface area contributed by atoms with Crippen LogP contribution < -0.4 is 5.32 Å². The second kappa shape index (κ2) is 7.52. The lowest BCUT2D eigenvalue weighted by atomic mass is 9.93.